The van der Waals surface area contributed by atoms with Crippen LogP contribution < -0.4 is 20.7 Å². The maximum atomic E-state index is 14.9. The number of likely N-dealkylation sites (N-methyl/N-ethyl adjacent to an activating group) is 1. The summed E-state index contributed by atoms with van der Waals surface area (Å²) in [5.74, 6) is -1.22. The Kier molecular flexibility index (Phi) is 12.3. The van der Waals surface area contributed by atoms with E-state index < -0.39 is 36.0 Å². The SMILES string of the molecule is CCC(C)[C@@H]1NC(=O)[C@@H](NC(=O)[C@H](Cc2ccccc2)N2C(=O)[C@H](C(C)CC)N(C)C2C)[C@H](c2ccccc2)Oc2ccc(cc2)/C=C\NC1=O. The van der Waals surface area contributed by atoms with E-state index in [1.807, 2.05) is 106 Å². The van der Waals surface area contributed by atoms with E-state index in [0.29, 0.717) is 17.7 Å². The second kappa shape index (κ2) is 16.8. The fourth-order valence-corrected chi connectivity index (χ4v) is 6.93. The third kappa shape index (κ3) is 8.51. The van der Waals surface area contributed by atoms with Crippen LogP contribution in [-0.4, -0.2) is 70.8 Å². The van der Waals surface area contributed by atoms with Crippen LogP contribution in [0.1, 0.15) is 70.3 Å². The molecule has 2 bridgehead atoms. The van der Waals surface area contributed by atoms with Gasteiger partial charge in [-0.3, -0.25) is 24.1 Å². The molecule has 3 aliphatic heterocycles. The van der Waals surface area contributed by atoms with Crippen molar-refractivity contribution in [2.75, 3.05) is 7.05 Å². The molecule has 3 aliphatic rings. The Morgan fingerprint density at radius 1 is 0.863 bits per heavy atom. The summed E-state index contributed by atoms with van der Waals surface area (Å²) >= 11 is 0. The van der Waals surface area contributed by atoms with Gasteiger partial charge < -0.3 is 25.6 Å². The number of amides is 4. The third-order valence-electron chi connectivity index (χ3n) is 10.5. The Morgan fingerprint density at radius 2 is 1.49 bits per heavy atom. The van der Waals surface area contributed by atoms with Crippen molar-refractivity contribution in [2.45, 2.75) is 90.3 Å². The lowest BCUT2D eigenvalue weighted by molar-refractivity contribution is -0.142. The van der Waals surface area contributed by atoms with E-state index in [4.69, 9.17) is 4.74 Å². The Balaban J connectivity index is 1.60. The highest BCUT2D eigenvalue weighted by molar-refractivity contribution is 5.96. The van der Waals surface area contributed by atoms with Gasteiger partial charge in [-0.1, -0.05) is 113 Å². The molecule has 0 spiro atoms. The highest BCUT2D eigenvalue weighted by Gasteiger charge is 2.49. The Bertz CT molecular complexity index is 1680. The lowest BCUT2D eigenvalue weighted by Crippen LogP contribution is -2.61. The molecule has 0 radical (unpaired) electrons. The molecular formula is C41H51N5O5. The number of hydrogen-bond donors (Lipinski definition) is 3. The topological polar surface area (TPSA) is 120 Å². The molecule has 10 heteroatoms. The summed E-state index contributed by atoms with van der Waals surface area (Å²) in [4.78, 5) is 60.9. The third-order valence-corrected chi connectivity index (χ3v) is 10.5. The van der Waals surface area contributed by atoms with Gasteiger partial charge in [0.25, 0.3) is 0 Å². The summed E-state index contributed by atoms with van der Waals surface area (Å²) in [6.45, 7) is 9.89. The quantitative estimate of drug-likeness (QED) is 0.273. The van der Waals surface area contributed by atoms with E-state index in [2.05, 4.69) is 29.8 Å². The molecule has 1 saturated heterocycles. The molecular weight excluding hydrogens is 642 g/mol. The van der Waals surface area contributed by atoms with E-state index in [1.165, 1.54) is 0 Å². The summed E-state index contributed by atoms with van der Waals surface area (Å²) in [6.07, 6.45) is 3.63. The summed E-state index contributed by atoms with van der Waals surface area (Å²) in [5, 5.41) is 8.84. The highest BCUT2D eigenvalue weighted by Crippen LogP contribution is 2.31. The molecule has 3 heterocycles. The van der Waals surface area contributed by atoms with Crippen LogP contribution in [0.5, 0.6) is 5.75 Å². The van der Waals surface area contributed by atoms with Crippen molar-refractivity contribution in [2.24, 2.45) is 11.8 Å². The zero-order chi connectivity index (χ0) is 36.7. The summed E-state index contributed by atoms with van der Waals surface area (Å²) in [7, 11) is 1.92. The number of fused-ring (bicyclic) bond motifs is 10. The molecule has 6 rings (SSSR count). The maximum absolute atomic E-state index is 14.9. The van der Waals surface area contributed by atoms with Crippen LogP contribution in [0.4, 0.5) is 0 Å². The first-order valence-corrected chi connectivity index (χ1v) is 18.0. The molecule has 1 fully saturated rings. The van der Waals surface area contributed by atoms with Gasteiger partial charge in [0, 0.05) is 12.6 Å². The minimum Gasteiger partial charge on any atom is -0.483 e. The molecule has 270 valence electrons. The highest BCUT2D eigenvalue weighted by atomic mass is 16.5. The van der Waals surface area contributed by atoms with Crippen molar-refractivity contribution >= 4 is 29.7 Å². The molecule has 8 atom stereocenters. The van der Waals surface area contributed by atoms with Crippen molar-refractivity contribution in [3.8, 4) is 5.75 Å². The first kappa shape index (κ1) is 37.3. The lowest BCUT2D eigenvalue weighted by atomic mass is 9.95. The van der Waals surface area contributed by atoms with E-state index >= 15 is 0 Å². The Hall–Kier alpha value is -4.96. The normalized spacial score (nSPS) is 25.2. The van der Waals surface area contributed by atoms with Gasteiger partial charge in [0.1, 0.15) is 23.9 Å². The maximum Gasteiger partial charge on any atom is 0.247 e. The van der Waals surface area contributed by atoms with Gasteiger partial charge in [-0.25, -0.2) is 0 Å². The van der Waals surface area contributed by atoms with Crippen LogP contribution in [0.25, 0.3) is 6.08 Å². The molecule has 3 aromatic rings. The van der Waals surface area contributed by atoms with Gasteiger partial charge >= 0.3 is 0 Å². The van der Waals surface area contributed by atoms with Crippen molar-refractivity contribution < 1.29 is 23.9 Å². The minimum atomic E-state index is -1.29. The minimum absolute atomic E-state index is 0.0708. The number of hydrogen-bond acceptors (Lipinski definition) is 6. The van der Waals surface area contributed by atoms with Crippen LogP contribution in [0.15, 0.2) is 91.1 Å². The summed E-state index contributed by atoms with van der Waals surface area (Å²) in [5.41, 5.74) is 2.37. The van der Waals surface area contributed by atoms with Crippen LogP contribution in [0.3, 0.4) is 0 Å². The predicted octanol–water partition coefficient (Wildman–Crippen LogP) is 5.07. The number of carbonyl (C=O) groups is 4. The molecule has 0 aliphatic carbocycles. The van der Waals surface area contributed by atoms with Crippen LogP contribution in [-0.2, 0) is 25.6 Å². The zero-order valence-corrected chi connectivity index (χ0v) is 30.4. The van der Waals surface area contributed by atoms with Crippen molar-refractivity contribution in [3.05, 3.63) is 108 Å². The first-order valence-electron chi connectivity index (χ1n) is 18.0. The largest absolute Gasteiger partial charge is 0.483 e. The van der Waals surface area contributed by atoms with E-state index in [9.17, 15) is 19.2 Å². The number of ether oxygens (including phenoxy) is 1. The van der Waals surface area contributed by atoms with Crippen LogP contribution in [0, 0.1) is 11.8 Å². The monoisotopic (exact) mass is 693 g/mol. The van der Waals surface area contributed by atoms with E-state index in [-0.39, 0.29) is 42.3 Å². The van der Waals surface area contributed by atoms with Crippen molar-refractivity contribution in [3.63, 3.8) is 0 Å². The fraction of sp³-hybridized carbons (Fsp3) is 0.415. The van der Waals surface area contributed by atoms with Gasteiger partial charge in [-0.05, 0) is 60.7 Å². The molecule has 3 aromatic carbocycles. The standard InChI is InChI=1S/C41H51N5O5/c1-7-26(3)34-39(48)42-24-23-29-19-21-32(22-20-29)51-37(31-17-13-10-14-18-31)35(40(49)43-34)44-38(47)33(25-30-15-11-9-12-16-30)46-28(5)45(6)36(41(46)50)27(4)8-2/h9-24,26-28,33-37H,7-8,25H2,1-6H3,(H,42,48)(H,43,49)(H,44,47)/b24-23-/t26?,27?,28?,33-,34-,35-,36-,37-/m0/s1. The van der Waals surface area contributed by atoms with Crippen molar-refractivity contribution in [1.29, 1.82) is 0 Å². The number of carbonyl (C=O) groups excluding carboxylic acids is 4. The van der Waals surface area contributed by atoms with E-state index in [0.717, 1.165) is 17.5 Å². The van der Waals surface area contributed by atoms with E-state index in [1.54, 1.807) is 29.3 Å². The summed E-state index contributed by atoms with van der Waals surface area (Å²) < 4.78 is 6.59. The lowest BCUT2D eigenvalue weighted by Gasteiger charge is -2.35. The number of benzene rings is 3. The summed E-state index contributed by atoms with van der Waals surface area (Å²) in [6, 6.07) is 22.6. The van der Waals surface area contributed by atoms with Crippen LogP contribution in [0.2, 0.25) is 0 Å². The fourth-order valence-electron chi connectivity index (χ4n) is 6.93. The predicted molar refractivity (Wildman–Crippen MR) is 198 cm³/mol. The molecule has 3 unspecified atom stereocenters. The van der Waals surface area contributed by atoms with Gasteiger partial charge in [0.15, 0.2) is 6.10 Å². The van der Waals surface area contributed by atoms with Crippen molar-refractivity contribution in [1.82, 2.24) is 25.8 Å². The Labute approximate surface area is 301 Å². The Morgan fingerprint density at radius 3 is 2.12 bits per heavy atom. The van der Waals surface area contributed by atoms with Gasteiger partial charge in [0.05, 0.1) is 12.2 Å². The second-order valence-corrected chi connectivity index (χ2v) is 13.8. The second-order valence-electron chi connectivity index (χ2n) is 13.8. The number of rotatable bonds is 10. The molecule has 0 saturated carbocycles. The van der Waals surface area contributed by atoms with Gasteiger partial charge in [-0.15, -0.1) is 0 Å². The molecule has 10 nitrogen and oxygen atoms in total. The zero-order valence-electron chi connectivity index (χ0n) is 30.4. The molecule has 3 N–H and O–H groups in total. The average Bonchev–Trinajstić information content (AvgIpc) is 3.37. The average molecular weight is 694 g/mol. The molecule has 0 aromatic heterocycles. The first-order chi connectivity index (χ1) is 24.5. The van der Waals surface area contributed by atoms with Gasteiger partial charge in [0.2, 0.25) is 23.6 Å². The van der Waals surface area contributed by atoms with Crippen LogP contribution >= 0.6 is 0 Å². The number of nitrogens with zero attached hydrogens (tertiary/aromatic N) is 2. The smallest absolute Gasteiger partial charge is 0.247 e. The molecule has 4 amide bonds. The molecule has 51 heavy (non-hydrogen) atoms. The number of nitrogens with one attached hydrogen (secondary N) is 3. The van der Waals surface area contributed by atoms with Gasteiger partial charge in [-0.2, -0.15) is 0 Å².